The first-order chi connectivity index (χ1) is 13.5. The first-order valence-electron chi connectivity index (χ1n) is 9.14. The maximum atomic E-state index is 12.7. The van der Waals surface area contributed by atoms with Crippen LogP contribution in [0.5, 0.6) is 0 Å². The molecule has 1 fully saturated rings. The van der Waals surface area contributed by atoms with Crippen molar-refractivity contribution in [1.82, 2.24) is 19.6 Å². The Morgan fingerprint density at radius 1 is 1.00 bits per heavy atom. The number of para-hydroxylation sites is 1. The minimum Gasteiger partial charge on any atom is -0.339 e. The molecule has 1 aromatic carbocycles. The van der Waals surface area contributed by atoms with Crippen LogP contribution in [0.4, 0.5) is 5.82 Å². The van der Waals surface area contributed by atoms with Gasteiger partial charge in [-0.25, -0.2) is 4.68 Å². The van der Waals surface area contributed by atoms with Crippen molar-refractivity contribution in [2.45, 2.75) is 18.4 Å². The molecule has 28 heavy (non-hydrogen) atoms. The fourth-order valence-corrected chi connectivity index (χ4v) is 4.46. The van der Waals surface area contributed by atoms with E-state index >= 15 is 0 Å². The molecular formula is C19H21N5O3S. The molecule has 0 bridgehead atoms. The number of aromatic nitrogens is 2. The lowest BCUT2D eigenvalue weighted by atomic mass is 10.2. The molecule has 2 aromatic rings. The molecule has 0 spiro atoms. The highest BCUT2D eigenvalue weighted by Crippen LogP contribution is 2.36. The normalized spacial score (nSPS) is 16.0. The average Bonchev–Trinajstić information content (AvgIpc) is 3.30. The Bertz CT molecular complexity index is 919. The van der Waals surface area contributed by atoms with Gasteiger partial charge in [0, 0.05) is 50.2 Å². The third-order valence-corrected chi connectivity index (χ3v) is 5.96. The quantitative estimate of drug-likeness (QED) is 0.768. The van der Waals surface area contributed by atoms with Gasteiger partial charge in [0.1, 0.15) is 5.82 Å². The molecule has 146 valence electrons. The molecule has 3 heterocycles. The summed E-state index contributed by atoms with van der Waals surface area (Å²) in [5.41, 5.74) is 2.74. The number of hydrogen-bond acceptors (Lipinski definition) is 5. The summed E-state index contributed by atoms with van der Waals surface area (Å²) in [5, 5.41) is 7.42. The minimum atomic E-state index is -0.673. The Kier molecular flexibility index (Phi) is 5.08. The van der Waals surface area contributed by atoms with Crippen LogP contribution < -0.4 is 5.32 Å². The Hall–Kier alpha value is -2.81. The molecule has 0 atom stereocenters. The molecule has 1 saturated heterocycles. The van der Waals surface area contributed by atoms with Gasteiger partial charge in [0.25, 0.3) is 0 Å². The van der Waals surface area contributed by atoms with Crippen LogP contribution in [0, 0.1) is 0 Å². The summed E-state index contributed by atoms with van der Waals surface area (Å²) in [6.07, 6.45) is 0. The molecule has 0 radical (unpaired) electrons. The maximum Gasteiger partial charge on any atom is 0.315 e. The fourth-order valence-electron chi connectivity index (χ4n) is 3.43. The van der Waals surface area contributed by atoms with E-state index in [0.29, 0.717) is 32.0 Å². The number of carbonyl (C=O) groups is 3. The van der Waals surface area contributed by atoms with Gasteiger partial charge in [-0.1, -0.05) is 18.2 Å². The number of fused-ring (bicyclic) bond motifs is 1. The van der Waals surface area contributed by atoms with Crippen molar-refractivity contribution in [3.05, 3.63) is 41.6 Å². The number of piperazine rings is 1. The van der Waals surface area contributed by atoms with E-state index in [2.05, 4.69) is 10.4 Å². The van der Waals surface area contributed by atoms with Crippen LogP contribution in [0.2, 0.25) is 0 Å². The molecule has 2 aliphatic heterocycles. The van der Waals surface area contributed by atoms with E-state index in [1.54, 1.807) is 21.3 Å². The van der Waals surface area contributed by atoms with E-state index in [1.807, 2.05) is 30.3 Å². The second-order valence-corrected chi connectivity index (χ2v) is 7.75. The average molecular weight is 399 g/mol. The summed E-state index contributed by atoms with van der Waals surface area (Å²) in [6.45, 7) is 3.12. The first-order valence-corrected chi connectivity index (χ1v) is 10.3. The van der Waals surface area contributed by atoms with Crippen molar-refractivity contribution in [3.63, 3.8) is 0 Å². The Morgan fingerprint density at radius 2 is 1.68 bits per heavy atom. The Morgan fingerprint density at radius 3 is 2.36 bits per heavy atom. The number of benzene rings is 1. The lowest BCUT2D eigenvalue weighted by Gasteiger charge is -2.33. The summed E-state index contributed by atoms with van der Waals surface area (Å²) < 4.78 is 1.70. The van der Waals surface area contributed by atoms with E-state index in [1.165, 1.54) is 11.8 Å². The molecule has 3 amide bonds. The number of nitrogens with one attached hydrogen (secondary N) is 1. The molecule has 0 unspecified atom stereocenters. The third kappa shape index (κ3) is 3.49. The minimum absolute atomic E-state index is 0.0172. The molecular weight excluding hydrogens is 378 g/mol. The van der Waals surface area contributed by atoms with Crippen molar-refractivity contribution in [1.29, 1.82) is 0 Å². The zero-order chi connectivity index (χ0) is 19.7. The van der Waals surface area contributed by atoms with Crippen LogP contribution in [-0.2, 0) is 25.9 Å². The lowest BCUT2D eigenvalue weighted by molar-refractivity contribution is -0.145. The van der Waals surface area contributed by atoms with Gasteiger partial charge >= 0.3 is 11.8 Å². The zero-order valence-electron chi connectivity index (χ0n) is 15.6. The van der Waals surface area contributed by atoms with Crippen LogP contribution in [0.25, 0.3) is 5.69 Å². The SMILES string of the molecule is CC(=O)N1CCN(C(=O)C(=O)Nc2c3c(nn2-c2ccccc2)CSC3)CC1. The maximum absolute atomic E-state index is 12.7. The Balaban J connectivity index is 1.52. The van der Waals surface area contributed by atoms with Gasteiger partial charge in [-0.3, -0.25) is 14.4 Å². The van der Waals surface area contributed by atoms with E-state index in [-0.39, 0.29) is 5.91 Å². The monoisotopic (exact) mass is 399 g/mol. The smallest absolute Gasteiger partial charge is 0.315 e. The number of nitrogens with zero attached hydrogens (tertiary/aromatic N) is 4. The number of thioether (sulfide) groups is 1. The van der Waals surface area contributed by atoms with Gasteiger partial charge in [-0.05, 0) is 12.1 Å². The van der Waals surface area contributed by atoms with Crippen LogP contribution in [0.3, 0.4) is 0 Å². The van der Waals surface area contributed by atoms with Crippen molar-refractivity contribution in [3.8, 4) is 5.69 Å². The summed E-state index contributed by atoms with van der Waals surface area (Å²) in [4.78, 5) is 39.9. The fraction of sp³-hybridized carbons (Fsp3) is 0.368. The van der Waals surface area contributed by atoms with Gasteiger partial charge < -0.3 is 15.1 Å². The van der Waals surface area contributed by atoms with E-state index in [9.17, 15) is 14.4 Å². The van der Waals surface area contributed by atoms with Gasteiger partial charge in [0.15, 0.2) is 0 Å². The molecule has 8 nitrogen and oxygen atoms in total. The molecule has 2 aliphatic rings. The van der Waals surface area contributed by atoms with Gasteiger partial charge in [-0.15, -0.1) is 0 Å². The topological polar surface area (TPSA) is 87.5 Å². The number of carbonyl (C=O) groups excluding carboxylic acids is 3. The first kappa shape index (κ1) is 18.5. The molecule has 4 rings (SSSR count). The van der Waals surface area contributed by atoms with Crippen LogP contribution in [0.15, 0.2) is 30.3 Å². The largest absolute Gasteiger partial charge is 0.339 e. The van der Waals surface area contributed by atoms with Gasteiger partial charge in [0.2, 0.25) is 5.91 Å². The molecule has 1 aromatic heterocycles. The lowest BCUT2D eigenvalue weighted by Crippen LogP contribution is -2.52. The second-order valence-electron chi connectivity index (χ2n) is 6.77. The molecule has 0 aliphatic carbocycles. The highest BCUT2D eigenvalue weighted by atomic mass is 32.2. The van der Waals surface area contributed by atoms with Crippen molar-refractivity contribution in [2.75, 3.05) is 31.5 Å². The molecule has 9 heteroatoms. The van der Waals surface area contributed by atoms with Crippen LogP contribution >= 0.6 is 11.8 Å². The predicted molar refractivity (Wildman–Crippen MR) is 106 cm³/mol. The van der Waals surface area contributed by atoms with Crippen molar-refractivity contribution in [2.24, 2.45) is 0 Å². The van der Waals surface area contributed by atoms with Crippen LogP contribution in [0.1, 0.15) is 18.2 Å². The van der Waals surface area contributed by atoms with Gasteiger partial charge in [-0.2, -0.15) is 16.9 Å². The summed E-state index contributed by atoms with van der Waals surface area (Å²) >= 11 is 1.73. The van der Waals surface area contributed by atoms with Gasteiger partial charge in [0.05, 0.1) is 11.4 Å². The predicted octanol–water partition coefficient (Wildman–Crippen LogP) is 1.25. The van der Waals surface area contributed by atoms with E-state index in [0.717, 1.165) is 28.5 Å². The second kappa shape index (κ2) is 7.67. The number of hydrogen-bond donors (Lipinski definition) is 1. The third-order valence-electron chi connectivity index (χ3n) is 4.99. The number of amides is 3. The number of anilines is 1. The highest BCUT2D eigenvalue weighted by Gasteiger charge is 2.30. The summed E-state index contributed by atoms with van der Waals surface area (Å²) in [5.74, 6) is 0.835. The van der Waals surface area contributed by atoms with Crippen molar-refractivity contribution < 1.29 is 14.4 Å². The number of rotatable bonds is 2. The molecule has 0 saturated carbocycles. The standard InChI is InChI=1S/C19H21N5O3S/c1-13(25)22-7-9-23(10-8-22)19(27)18(26)20-17-15-11-28-12-16(15)21-24(17)14-5-3-2-4-6-14/h2-6H,7-12H2,1H3,(H,20,26). The Labute approximate surface area is 166 Å². The summed E-state index contributed by atoms with van der Waals surface area (Å²) in [6, 6.07) is 9.55. The van der Waals surface area contributed by atoms with Crippen LogP contribution in [-0.4, -0.2) is 63.5 Å². The zero-order valence-corrected chi connectivity index (χ0v) is 16.4. The highest BCUT2D eigenvalue weighted by molar-refractivity contribution is 7.98. The summed E-state index contributed by atoms with van der Waals surface area (Å²) in [7, 11) is 0. The van der Waals surface area contributed by atoms with Crippen molar-refractivity contribution >= 4 is 35.3 Å². The van der Waals surface area contributed by atoms with E-state index in [4.69, 9.17) is 0 Å². The molecule has 1 N–H and O–H groups in total. The van der Waals surface area contributed by atoms with E-state index < -0.39 is 11.8 Å².